The zero-order chi connectivity index (χ0) is 16.0. The maximum absolute atomic E-state index is 13.6. The van der Waals surface area contributed by atoms with E-state index in [9.17, 15) is 17.6 Å². The molecular formula is C13H13F4N3OS. The van der Waals surface area contributed by atoms with Crippen molar-refractivity contribution in [2.24, 2.45) is 0 Å². The summed E-state index contributed by atoms with van der Waals surface area (Å²) < 4.78 is 53.6. The summed E-state index contributed by atoms with van der Waals surface area (Å²) in [5.41, 5.74) is 0.315. The highest BCUT2D eigenvalue weighted by Gasteiger charge is 2.27. The number of halogens is 4. The first-order valence-corrected chi connectivity index (χ1v) is 7.39. The van der Waals surface area contributed by atoms with E-state index in [1.54, 1.807) is 18.2 Å². The van der Waals surface area contributed by atoms with Crippen LogP contribution in [-0.2, 0) is 4.74 Å². The van der Waals surface area contributed by atoms with E-state index in [2.05, 4.69) is 19.9 Å². The summed E-state index contributed by atoms with van der Waals surface area (Å²) in [7, 11) is 0. The molecule has 0 aliphatic rings. The Labute approximate surface area is 128 Å². The number of thioether (sulfide) groups is 1. The molecule has 0 aliphatic carbocycles. The zero-order valence-electron chi connectivity index (χ0n) is 11.4. The SMILES string of the molecule is Fc1ccccc1-c1nc(SCCCOCC(F)(F)F)n[nH]1. The summed E-state index contributed by atoms with van der Waals surface area (Å²) >= 11 is 1.26. The summed E-state index contributed by atoms with van der Waals surface area (Å²) in [6, 6.07) is 6.16. The molecule has 1 aromatic carbocycles. The van der Waals surface area contributed by atoms with Crippen molar-refractivity contribution < 1.29 is 22.3 Å². The van der Waals surface area contributed by atoms with E-state index in [1.807, 2.05) is 0 Å². The average molecular weight is 335 g/mol. The summed E-state index contributed by atoms with van der Waals surface area (Å²) in [6.07, 6.45) is -3.87. The third kappa shape index (κ3) is 5.30. The van der Waals surface area contributed by atoms with Gasteiger partial charge in [0.25, 0.3) is 0 Å². The van der Waals surface area contributed by atoms with Crippen molar-refractivity contribution in [1.29, 1.82) is 0 Å². The van der Waals surface area contributed by atoms with Gasteiger partial charge >= 0.3 is 6.18 Å². The van der Waals surface area contributed by atoms with Crippen LogP contribution in [0, 0.1) is 5.82 Å². The summed E-state index contributed by atoms with van der Waals surface area (Å²) in [4.78, 5) is 4.13. The fourth-order valence-corrected chi connectivity index (χ4v) is 2.31. The van der Waals surface area contributed by atoms with Crippen LogP contribution in [0.15, 0.2) is 29.4 Å². The van der Waals surface area contributed by atoms with Crippen molar-refractivity contribution >= 4 is 11.8 Å². The van der Waals surface area contributed by atoms with Gasteiger partial charge in [0, 0.05) is 12.4 Å². The lowest BCUT2D eigenvalue weighted by Crippen LogP contribution is -2.17. The van der Waals surface area contributed by atoms with Crippen molar-refractivity contribution in [3.05, 3.63) is 30.1 Å². The molecule has 4 nitrogen and oxygen atoms in total. The minimum Gasteiger partial charge on any atom is -0.372 e. The van der Waals surface area contributed by atoms with E-state index >= 15 is 0 Å². The Morgan fingerprint density at radius 1 is 1.23 bits per heavy atom. The van der Waals surface area contributed by atoms with Crippen LogP contribution in [0.1, 0.15) is 6.42 Å². The maximum Gasteiger partial charge on any atom is 0.411 e. The Morgan fingerprint density at radius 3 is 2.73 bits per heavy atom. The van der Waals surface area contributed by atoms with Gasteiger partial charge in [-0.2, -0.15) is 13.2 Å². The number of hydrogen-bond donors (Lipinski definition) is 1. The number of nitrogens with one attached hydrogen (secondary N) is 1. The number of H-pyrrole nitrogens is 1. The number of rotatable bonds is 7. The molecule has 0 atom stereocenters. The van der Waals surface area contributed by atoms with Crippen molar-refractivity contribution in [2.75, 3.05) is 19.0 Å². The Bertz CT molecular complexity index is 603. The van der Waals surface area contributed by atoms with E-state index in [1.165, 1.54) is 17.8 Å². The predicted octanol–water partition coefficient (Wildman–Crippen LogP) is 3.67. The molecule has 0 aliphatic heterocycles. The van der Waals surface area contributed by atoms with Gasteiger partial charge in [0.2, 0.25) is 5.16 Å². The Balaban J connectivity index is 1.75. The topological polar surface area (TPSA) is 50.8 Å². The van der Waals surface area contributed by atoms with Crippen LogP contribution in [0.5, 0.6) is 0 Å². The molecule has 120 valence electrons. The van der Waals surface area contributed by atoms with Gasteiger partial charge in [-0.15, -0.1) is 5.10 Å². The number of aromatic amines is 1. The minimum atomic E-state index is -4.30. The van der Waals surface area contributed by atoms with Crippen LogP contribution in [0.3, 0.4) is 0 Å². The molecule has 0 amide bonds. The number of hydrogen-bond acceptors (Lipinski definition) is 4. The Hall–Kier alpha value is -1.61. The molecule has 2 rings (SSSR count). The summed E-state index contributed by atoms with van der Waals surface area (Å²) in [5, 5.41) is 6.97. The van der Waals surface area contributed by atoms with Crippen molar-refractivity contribution in [1.82, 2.24) is 15.2 Å². The van der Waals surface area contributed by atoms with Crippen molar-refractivity contribution in [3.63, 3.8) is 0 Å². The number of alkyl halides is 3. The van der Waals surface area contributed by atoms with E-state index in [4.69, 9.17) is 0 Å². The quantitative estimate of drug-likeness (QED) is 0.476. The fraction of sp³-hybridized carbons (Fsp3) is 0.385. The lowest BCUT2D eigenvalue weighted by atomic mass is 10.2. The van der Waals surface area contributed by atoms with Gasteiger partial charge in [0.1, 0.15) is 12.4 Å². The molecule has 1 N–H and O–H groups in total. The van der Waals surface area contributed by atoms with Crippen molar-refractivity contribution in [3.8, 4) is 11.4 Å². The molecule has 0 saturated heterocycles. The molecule has 9 heteroatoms. The molecule has 0 spiro atoms. The molecule has 0 unspecified atom stereocenters. The average Bonchev–Trinajstić information content (AvgIpc) is 2.90. The van der Waals surface area contributed by atoms with Gasteiger partial charge in [0.15, 0.2) is 5.82 Å². The highest BCUT2D eigenvalue weighted by Crippen LogP contribution is 2.22. The lowest BCUT2D eigenvalue weighted by Gasteiger charge is -2.06. The normalized spacial score (nSPS) is 11.8. The van der Waals surface area contributed by atoms with Gasteiger partial charge in [0.05, 0.1) is 5.56 Å². The molecule has 0 bridgehead atoms. The predicted molar refractivity (Wildman–Crippen MR) is 74.0 cm³/mol. The van der Waals surface area contributed by atoms with Crippen LogP contribution >= 0.6 is 11.8 Å². The largest absolute Gasteiger partial charge is 0.411 e. The second-order valence-corrected chi connectivity index (χ2v) is 5.38. The monoisotopic (exact) mass is 335 g/mol. The van der Waals surface area contributed by atoms with E-state index in [-0.39, 0.29) is 6.61 Å². The molecule has 0 saturated carbocycles. The standard InChI is InChI=1S/C13H13F4N3OS/c14-10-5-2-1-4-9(10)11-18-12(20-19-11)22-7-3-6-21-8-13(15,16)17/h1-2,4-5H,3,6-8H2,(H,18,19,20). The van der Waals surface area contributed by atoms with Crippen LogP contribution in [-0.4, -0.2) is 40.3 Å². The Morgan fingerprint density at radius 2 is 2.00 bits per heavy atom. The van der Waals surface area contributed by atoms with Crippen molar-refractivity contribution in [2.45, 2.75) is 17.8 Å². The second kappa shape index (κ2) is 7.59. The third-order valence-corrected chi connectivity index (χ3v) is 3.46. The van der Waals surface area contributed by atoms with Crippen LogP contribution < -0.4 is 0 Å². The molecule has 0 radical (unpaired) electrons. The molecule has 2 aromatic rings. The van der Waals surface area contributed by atoms with Crippen LogP contribution in [0.4, 0.5) is 17.6 Å². The minimum absolute atomic E-state index is 0.0110. The molecule has 0 fully saturated rings. The highest BCUT2D eigenvalue weighted by atomic mass is 32.2. The highest BCUT2D eigenvalue weighted by molar-refractivity contribution is 7.99. The van der Waals surface area contributed by atoms with Gasteiger partial charge in [-0.3, -0.25) is 5.10 Å². The Kier molecular flexibility index (Phi) is 5.78. The number of benzene rings is 1. The van der Waals surface area contributed by atoms with Gasteiger partial charge in [-0.1, -0.05) is 23.9 Å². The summed E-state index contributed by atoms with van der Waals surface area (Å²) in [5.74, 6) is 0.413. The van der Waals surface area contributed by atoms with Gasteiger partial charge in [-0.05, 0) is 18.6 Å². The number of aromatic nitrogens is 3. The molecule has 22 heavy (non-hydrogen) atoms. The molecule has 1 aromatic heterocycles. The number of nitrogens with zero attached hydrogens (tertiary/aromatic N) is 2. The molecule has 1 heterocycles. The smallest absolute Gasteiger partial charge is 0.372 e. The van der Waals surface area contributed by atoms with E-state index in [0.717, 1.165) is 0 Å². The fourth-order valence-electron chi connectivity index (χ4n) is 1.60. The maximum atomic E-state index is 13.6. The lowest BCUT2D eigenvalue weighted by molar-refractivity contribution is -0.173. The van der Waals surface area contributed by atoms with E-state index < -0.39 is 18.6 Å². The van der Waals surface area contributed by atoms with E-state index in [0.29, 0.717) is 28.7 Å². The zero-order valence-corrected chi connectivity index (χ0v) is 12.2. The van der Waals surface area contributed by atoms with Crippen LogP contribution in [0.25, 0.3) is 11.4 Å². The van der Waals surface area contributed by atoms with Gasteiger partial charge in [-0.25, -0.2) is 9.37 Å². The first-order chi connectivity index (χ1) is 10.5. The number of ether oxygens (including phenoxy) is 1. The third-order valence-electron chi connectivity index (χ3n) is 2.52. The summed E-state index contributed by atoms with van der Waals surface area (Å²) in [6.45, 7) is -1.23. The first kappa shape index (κ1) is 16.8. The first-order valence-electron chi connectivity index (χ1n) is 6.40. The molecular weight excluding hydrogens is 322 g/mol. The second-order valence-electron chi connectivity index (χ2n) is 4.32. The van der Waals surface area contributed by atoms with Crippen LogP contribution in [0.2, 0.25) is 0 Å². The van der Waals surface area contributed by atoms with Gasteiger partial charge < -0.3 is 4.74 Å².